The summed E-state index contributed by atoms with van der Waals surface area (Å²) in [7, 11) is 0. The van der Waals surface area contributed by atoms with Gasteiger partial charge in [0.2, 0.25) is 0 Å². The Labute approximate surface area is 125 Å². The molecule has 0 radical (unpaired) electrons. The molecule has 1 saturated carbocycles. The topological polar surface area (TPSA) is 67.8 Å². The molecular weight excluding hydrogens is 350 g/mol. The van der Waals surface area contributed by atoms with Gasteiger partial charge in [-0.15, -0.1) is 16.4 Å². The van der Waals surface area contributed by atoms with Crippen LogP contribution in [0.25, 0.3) is 0 Å². The largest absolute Gasteiger partial charge is 0.344 e. The number of nitrogens with zero attached hydrogens (tertiary/aromatic N) is 2. The van der Waals surface area contributed by atoms with Gasteiger partial charge in [0.25, 0.3) is 0 Å². The van der Waals surface area contributed by atoms with E-state index in [9.17, 15) is 9.59 Å². The van der Waals surface area contributed by atoms with Crippen LogP contribution in [-0.4, -0.2) is 26.3 Å². The second-order valence-electron chi connectivity index (χ2n) is 4.22. The molecule has 1 aliphatic rings. The van der Waals surface area contributed by atoms with Crippen LogP contribution in [0.3, 0.4) is 0 Å². The molecule has 2 aromatic rings. The Morgan fingerprint density at radius 1 is 1.63 bits per heavy atom. The van der Waals surface area contributed by atoms with Crippen molar-refractivity contribution in [1.29, 1.82) is 0 Å². The van der Waals surface area contributed by atoms with Crippen molar-refractivity contribution in [1.82, 2.24) is 14.8 Å². The Hall–Kier alpha value is -0.860. The number of aromatic amines is 1. The van der Waals surface area contributed by atoms with Crippen LogP contribution < -0.4 is 5.69 Å². The van der Waals surface area contributed by atoms with Crippen LogP contribution in [0.15, 0.2) is 25.9 Å². The summed E-state index contributed by atoms with van der Waals surface area (Å²) < 4.78 is 2.48. The van der Waals surface area contributed by atoms with E-state index >= 15 is 0 Å². The van der Waals surface area contributed by atoms with E-state index in [1.807, 2.05) is 11.4 Å². The highest BCUT2D eigenvalue weighted by molar-refractivity contribution is 9.10. The second kappa shape index (κ2) is 5.26. The quantitative estimate of drug-likeness (QED) is 0.658. The normalized spacial score (nSPS) is 14.8. The monoisotopic (exact) mass is 359 g/mol. The summed E-state index contributed by atoms with van der Waals surface area (Å²) in [5, 5.41) is 8.90. The molecule has 5 nitrogen and oxygen atoms in total. The van der Waals surface area contributed by atoms with Gasteiger partial charge in [0.1, 0.15) is 0 Å². The Morgan fingerprint density at radius 3 is 3.05 bits per heavy atom. The van der Waals surface area contributed by atoms with E-state index in [4.69, 9.17) is 0 Å². The van der Waals surface area contributed by atoms with Crippen molar-refractivity contribution in [2.75, 3.05) is 5.75 Å². The Morgan fingerprint density at radius 2 is 2.42 bits per heavy atom. The molecule has 1 N–H and O–H groups in total. The number of Topliss-reactive ketones (excluding diaryl/α,β-unsaturated/α-hetero) is 1. The predicted molar refractivity (Wildman–Crippen MR) is 78.2 cm³/mol. The van der Waals surface area contributed by atoms with E-state index in [1.54, 1.807) is 4.57 Å². The number of thiophene rings is 1. The predicted octanol–water partition coefficient (Wildman–Crippen LogP) is 2.71. The van der Waals surface area contributed by atoms with Crippen molar-refractivity contribution in [3.8, 4) is 0 Å². The molecule has 0 bridgehead atoms. The molecule has 19 heavy (non-hydrogen) atoms. The third-order valence-electron chi connectivity index (χ3n) is 2.79. The first kappa shape index (κ1) is 13.1. The summed E-state index contributed by atoms with van der Waals surface area (Å²) >= 11 is 6.07. The van der Waals surface area contributed by atoms with E-state index < -0.39 is 0 Å². The maximum Gasteiger partial charge on any atom is 0.344 e. The fourth-order valence-electron chi connectivity index (χ4n) is 1.74. The number of hydrogen-bond acceptors (Lipinski definition) is 5. The molecule has 1 aliphatic carbocycles. The zero-order valence-corrected chi connectivity index (χ0v) is 13.0. The Balaban J connectivity index is 1.71. The zero-order valence-electron chi connectivity index (χ0n) is 9.76. The van der Waals surface area contributed by atoms with Crippen LogP contribution in [0.2, 0.25) is 0 Å². The highest BCUT2D eigenvalue weighted by Crippen LogP contribution is 2.36. The molecule has 0 unspecified atom stereocenters. The van der Waals surface area contributed by atoms with Gasteiger partial charge in [-0.3, -0.25) is 9.36 Å². The number of carbonyl (C=O) groups is 1. The van der Waals surface area contributed by atoms with Gasteiger partial charge in [0, 0.05) is 10.5 Å². The van der Waals surface area contributed by atoms with Crippen LogP contribution in [0.4, 0.5) is 0 Å². The average Bonchev–Trinajstić information content (AvgIpc) is 3.02. The minimum Gasteiger partial charge on any atom is -0.292 e. The van der Waals surface area contributed by atoms with Crippen molar-refractivity contribution in [3.63, 3.8) is 0 Å². The van der Waals surface area contributed by atoms with Crippen LogP contribution in [0.1, 0.15) is 28.6 Å². The maximum absolute atomic E-state index is 12.0. The molecule has 0 aliphatic heterocycles. The van der Waals surface area contributed by atoms with Gasteiger partial charge >= 0.3 is 5.69 Å². The molecule has 3 rings (SSSR count). The van der Waals surface area contributed by atoms with E-state index in [0.717, 1.165) is 17.3 Å². The molecule has 0 amide bonds. The van der Waals surface area contributed by atoms with Crippen LogP contribution in [-0.2, 0) is 0 Å². The number of hydrogen-bond donors (Lipinski definition) is 1. The fraction of sp³-hybridized carbons (Fsp3) is 0.364. The fourth-order valence-corrected chi connectivity index (χ4v) is 4.25. The molecule has 2 heterocycles. The highest BCUT2D eigenvalue weighted by atomic mass is 79.9. The van der Waals surface area contributed by atoms with Crippen LogP contribution in [0, 0.1) is 0 Å². The summed E-state index contributed by atoms with van der Waals surface area (Å²) in [4.78, 5) is 24.3. The molecule has 0 aromatic carbocycles. The summed E-state index contributed by atoms with van der Waals surface area (Å²) in [6.07, 6.45) is 2.02. The van der Waals surface area contributed by atoms with Crippen molar-refractivity contribution in [2.24, 2.45) is 0 Å². The number of aromatic nitrogens is 3. The zero-order chi connectivity index (χ0) is 13.4. The first-order chi connectivity index (χ1) is 9.16. The second-order valence-corrected chi connectivity index (χ2v) is 6.93. The molecule has 1 fully saturated rings. The molecule has 0 spiro atoms. The molecule has 100 valence electrons. The number of nitrogens with one attached hydrogen (secondary N) is 1. The number of carbonyl (C=O) groups excluding carboxylic acids is 1. The molecule has 0 atom stereocenters. The highest BCUT2D eigenvalue weighted by Gasteiger charge is 2.28. The SMILES string of the molecule is O=C(CSc1n[nH]c(=O)n1C1CC1)c1sccc1Br. The molecule has 2 aromatic heterocycles. The van der Waals surface area contributed by atoms with E-state index in [0.29, 0.717) is 10.0 Å². The van der Waals surface area contributed by atoms with Gasteiger partial charge in [-0.1, -0.05) is 11.8 Å². The molecule has 8 heteroatoms. The van der Waals surface area contributed by atoms with Crippen molar-refractivity contribution in [2.45, 2.75) is 24.0 Å². The number of H-pyrrole nitrogens is 1. The lowest BCUT2D eigenvalue weighted by atomic mass is 10.3. The van der Waals surface area contributed by atoms with Gasteiger partial charge in [-0.25, -0.2) is 9.89 Å². The standard InChI is InChI=1S/C11H10BrN3O2S2/c12-7-3-4-18-9(7)8(16)5-19-11-14-13-10(17)15(11)6-1-2-6/h3-4,6H,1-2,5H2,(H,13,17). The summed E-state index contributed by atoms with van der Waals surface area (Å²) in [5.41, 5.74) is -0.185. The lowest BCUT2D eigenvalue weighted by Crippen LogP contribution is -2.16. The number of rotatable bonds is 5. The summed E-state index contributed by atoms with van der Waals surface area (Å²) in [5.74, 6) is 0.334. The van der Waals surface area contributed by atoms with Crippen molar-refractivity contribution < 1.29 is 4.79 Å². The van der Waals surface area contributed by atoms with Gasteiger partial charge in [-0.2, -0.15) is 0 Å². The molecular formula is C11H10BrN3O2S2. The minimum absolute atomic E-state index is 0.0460. The lowest BCUT2D eigenvalue weighted by molar-refractivity contribution is 0.102. The first-order valence-corrected chi connectivity index (χ1v) is 8.38. The van der Waals surface area contributed by atoms with Crippen molar-refractivity contribution in [3.05, 3.63) is 31.3 Å². The smallest absolute Gasteiger partial charge is 0.292 e. The summed E-state index contributed by atoms with van der Waals surface area (Å²) in [6.45, 7) is 0. The van der Waals surface area contributed by atoms with Crippen molar-refractivity contribution >= 4 is 44.8 Å². The Kier molecular flexibility index (Phi) is 3.64. The van der Waals surface area contributed by atoms with Crippen LogP contribution >= 0.6 is 39.0 Å². The Bertz CT molecular complexity index is 672. The van der Waals surface area contributed by atoms with Gasteiger partial charge < -0.3 is 0 Å². The first-order valence-electron chi connectivity index (χ1n) is 5.72. The average molecular weight is 360 g/mol. The van der Waals surface area contributed by atoms with Gasteiger partial charge in [0.05, 0.1) is 10.6 Å². The summed E-state index contributed by atoms with van der Waals surface area (Å²) in [6, 6.07) is 2.12. The minimum atomic E-state index is -0.185. The van der Waals surface area contributed by atoms with Gasteiger partial charge in [0.15, 0.2) is 10.9 Å². The maximum atomic E-state index is 12.0. The van der Waals surface area contributed by atoms with Gasteiger partial charge in [-0.05, 0) is 40.2 Å². The molecule has 0 saturated heterocycles. The number of thioether (sulfide) groups is 1. The lowest BCUT2D eigenvalue weighted by Gasteiger charge is -2.02. The van der Waals surface area contributed by atoms with Crippen LogP contribution in [0.5, 0.6) is 0 Å². The van der Waals surface area contributed by atoms with E-state index in [-0.39, 0.29) is 23.3 Å². The van der Waals surface area contributed by atoms with E-state index in [2.05, 4.69) is 26.1 Å². The number of halogens is 1. The third-order valence-corrected chi connectivity index (χ3v) is 5.62. The number of ketones is 1. The third kappa shape index (κ3) is 2.70. The van der Waals surface area contributed by atoms with E-state index in [1.165, 1.54) is 23.1 Å².